The van der Waals surface area contributed by atoms with Gasteiger partial charge in [-0.1, -0.05) is 143 Å². The van der Waals surface area contributed by atoms with Crippen molar-refractivity contribution in [1.29, 1.82) is 0 Å². The predicted octanol–water partition coefficient (Wildman–Crippen LogP) is 12.8. The number of nitrogens with zero attached hydrogens (tertiary/aromatic N) is 10. The quantitative estimate of drug-likeness (QED) is 0.143. The highest BCUT2D eigenvalue weighted by Crippen LogP contribution is 2.31. The molecule has 0 spiro atoms. The zero-order valence-electron chi connectivity index (χ0n) is 40.9. The van der Waals surface area contributed by atoms with Crippen molar-refractivity contribution in [3.63, 3.8) is 0 Å². The van der Waals surface area contributed by atoms with E-state index < -0.39 is 0 Å². The van der Waals surface area contributed by atoms with Crippen LogP contribution in [-0.2, 0) is 16.2 Å². The normalized spacial score (nSPS) is 13.9. The molecule has 0 fully saturated rings. The maximum absolute atomic E-state index is 4.37. The third-order valence-corrected chi connectivity index (χ3v) is 8.74. The van der Waals surface area contributed by atoms with Crippen molar-refractivity contribution >= 4 is 35.6 Å². The topological polar surface area (TPSA) is 92.5 Å². The van der Waals surface area contributed by atoms with E-state index in [1.54, 1.807) is 6.20 Å². The van der Waals surface area contributed by atoms with Gasteiger partial charge in [-0.3, -0.25) is 0 Å². The van der Waals surface area contributed by atoms with Crippen LogP contribution >= 0.6 is 0 Å². The molecule has 0 amide bonds. The van der Waals surface area contributed by atoms with Crippen molar-refractivity contribution < 1.29 is 4.68 Å². The number of aromatic nitrogens is 7. The number of allylic oxidation sites excluding steroid dienone is 1. The lowest BCUT2D eigenvalue weighted by Crippen LogP contribution is -2.29. The molecule has 0 N–H and O–H groups in total. The van der Waals surface area contributed by atoms with Crippen LogP contribution in [0.5, 0.6) is 0 Å². The maximum atomic E-state index is 4.37. The lowest BCUT2D eigenvalue weighted by molar-refractivity contribution is -0.553. The molecule has 0 saturated carbocycles. The first-order valence-electron chi connectivity index (χ1n) is 21.9. The molecule has 8 heterocycles. The molecule has 0 saturated heterocycles. The van der Waals surface area contributed by atoms with Crippen molar-refractivity contribution in [2.24, 2.45) is 15.5 Å². The summed E-state index contributed by atoms with van der Waals surface area (Å²) < 4.78 is 8.06. The molecule has 10 nitrogen and oxygen atoms in total. The summed E-state index contributed by atoms with van der Waals surface area (Å²) in [5.74, 6) is 0. The van der Waals surface area contributed by atoms with Gasteiger partial charge in [-0.2, -0.15) is 5.10 Å². The van der Waals surface area contributed by atoms with Gasteiger partial charge in [0.1, 0.15) is 11.3 Å². The molecule has 0 aromatic carbocycles. The summed E-state index contributed by atoms with van der Waals surface area (Å²) in [6.45, 7) is 42.4. The Morgan fingerprint density at radius 2 is 0.917 bits per heavy atom. The van der Waals surface area contributed by atoms with Crippen molar-refractivity contribution in [3.05, 3.63) is 114 Å². The van der Waals surface area contributed by atoms with E-state index >= 15 is 0 Å². The Labute approximate surface area is 363 Å². The minimum Gasteiger partial charge on any atom is -0.305 e. The van der Waals surface area contributed by atoms with Gasteiger partial charge in [-0.05, 0) is 59.1 Å². The number of aliphatic imine (C=N–C) groups is 1. The standard InChI is InChI=1S/2C11H14N2.C10H13N3.C10H14N3.4C2H6/c2*1-11(2,3)9-6-7-12-10-5-4-8-13(9)10;1-10(2,3)8-4-6-11-9-5-7-12-13(8)9;1-10(2,3)8-4-5-12-13-7-6-11-9(8)13;4*1-2/h2*4-8H,1-3H3;4-7H,1-3H3;4-7,9H,1-3H3;4*1-2H3/q;;;+1;;;;. The summed E-state index contributed by atoms with van der Waals surface area (Å²) in [6.07, 6.45) is 19.2. The fraction of sp³-hybridized carbons (Fsp3) is 0.500. The molecule has 0 aliphatic carbocycles. The summed E-state index contributed by atoms with van der Waals surface area (Å²) in [5.41, 5.74) is 8.63. The molecule has 1 atom stereocenters. The van der Waals surface area contributed by atoms with Crippen LogP contribution in [0.2, 0.25) is 0 Å². The highest BCUT2D eigenvalue weighted by molar-refractivity contribution is 6.14. The van der Waals surface area contributed by atoms with Gasteiger partial charge >= 0.3 is 0 Å². The average molecular weight is 820 g/mol. The summed E-state index contributed by atoms with van der Waals surface area (Å²) in [5, 5.41) is 8.45. The maximum Gasteiger partial charge on any atom is 0.299 e. The monoisotopic (exact) mass is 820 g/mol. The Morgan fingerprint density at radius 1 is 0.483 bits per heavy atom. The van der Waals surface area contributed by atoms with Crippen LogP contribution in [0.4, 0.5) is 0 Å². The molecular formula is C50H79N10+. The fourth-order valence-electron chi connectivity index (χ4n) is 6.09. The Bertz CT molecular complexity index is 2050. The second-order valence-corrected chi connectivity index (χ2v) is 17.2. The highest BCUT2D eigenvalue weighted by atomic mass is 15.4. The molecule has 2 aliphatic rings. The number of fused-ring (bicyclic) bond motifs is 4. The van der Waals surface area contributed by atoms with Crippen LogP contribution in [-0.4, -0.2) is 62.9 Å². The molecule has 0 bridgehead atoms. The van der Waals surface area contributed by atoms with Gasteiger partial charge in [0.25, 0.3) is 6.17 Å². The smallest absolute Gasteiger partial charge is 0.299 e. The number of hydrazone groups is 1. The minimum absolute atomic E-state index is 0.102. The van der Waals surface area contributed by atoms with Gasteiger partial charge in [-0.25, -0.2) is 24.5 Å². The van der Waals surface area contributed by atoms with Gasteiger partial charge in [0.15, 0.2) is 5.65 Å². The molecular weight excluding hydrogens is 741 g/mol. The van der Waals surface area contributed by atoms with E-state index in [-0.39, 0.29) is 27.8 Å². The predicted molar refractivity (Wildman–Crippen MR) is 259 cm³/mol. The van der Waals surface area contributed by atoms with Gasteiger partial charge in [0, 0.05) is 70.3 Å². The number of rotatable bonds is 0. The summed E-state index contributed by atoms with van der Waals surface area (Å²) in [7, 11) is 0. The van der Waals surface area contributed by atoms with E-state index in [9.17, 15) is 0 Å². The molecule has 6 aromatic heterocycles. The van der Waals surface area contributed by atoms with E-state index in [1.807, 2.05) is 138 Å². The second-order valence-electron chi connectivity index (χ2n) is 17.2. The number of hydrogen-bond acceptors (Lipinski definition) is 6. The van der Waals surface area contributed by atoms with Crippen LogP contribution in [0.15, 0.2) is 107 Å². The van der Waals surface area contributed by atoms with E-state index in [0.29, 0.717) is 0 Å². The van der Waals surface area contributed by atoms with Gasteiger partial charge in [0.05, 0.1) is 24.3 Å². The minimum atomic E-state index is 0.102. The first kappa shape index (κ1) is 52.8. The average Bonchev–Trinajstić information content (AvgIpc) is 4.07. The van der Waals surface area contributed by atoms with Gasteiger partial charge in [-0.15, -0.1) is 0 Å². The fourth-order valence-corrected chi connectivity index (χ4v) is 6.09. The lowest BCUT2D eigenvalue weighted by Gasteiger charge is -2.24. The third-order valence-electron chi connectivity index (χ3n) is 8.74. The SMILES string of the molecule is CC.CC.CC.CC.CC(C)(C)C1=CC=N[N+]2=CC=NC12.CC(C)(C)c1ccnc2cccn12.CC(C)(C)c1ccnc2cccn12.CC(C)(C)c1ccnc2ccnn12. The molecule has 6 aromatic rings. The van der Waals surface area contributed by atoms with Crippen molar-refractivity contribution in [1.82, 2.24) is 33.4 Å². The van der Waals surface area contributed by atoms with Crippen LogP contribution in [0, 0.1) is 5.41 Å². The third kappa shape index (κ3) is 14.5. The van der Waals surface area contributed by atoms with E-state index in [2.05, 4.69) is 153 Å². The van der Waals surface area contributed by atoms with Crippen molar-refractivity contribution in [2.75, 3.05) is 0 Å². The lowest BCUT2D eigenvalue weighted by atomic mass is 9.84. The molecule has 2 aliphatic heterocycles. The molecule has 328 valence electrons. The Hall–Kier alpha value is -5.25. The molecule has 0 radical (unpaired) electrons. The van der Waals surface area contributed by atoms with E-state index in [4.69, 9.17) is 0 Å². The van der Waals surface area contributed by atoms with Gasteiger partial charge in [0.2, 0.25) is 6.21 Å². The van der Waals surface area contributed by atoms with Crippen molar-refractivity contribution in [3.8, 4) is 0 Å². The second kappa shape index (κ2) is 24.1. The Kier molecular flexibility index (Phi) is 21.2. The first-order valence-corrected chi connectivity index (χ1v) is 21.9. The first-order chi connectivity index (χ1) is 28.4. The van der Waals surface area contributed by atoms with E-state index in [1.165, 1.54) is 22.7 Å². The van der Waals surface area contributed by atoms with Crippen LogP contribution in [0.1, 0.15) is 156 Å². The molecule has 60 heavy (non-hydrogen) atoms. The van der Waals surface area contributed by atoms with Crippen molar-refractivity contribution in [2.45, 2.75) is 161 Å². The largest absolute Gasteiger partial charge is 0.305 e. The highest BCUT2D eigenvalue weighted by Gasteiger charge is 2.36. The number of hydrogen-bond donors (Lipinski definition) is 0. The zero-order valence-corrected chi connectivity index (χ0v) is 40.9. The Morgan fingerprint density at radius 3 is 1.35 bits per heavy atom. The molecule has 8 rings (SSSR count). The zero-order chi connectivity index (χ0) is 45.9. The summed E-state index contributed by atoms with van der Waals surface area (Å²) >= 11 is 0. The summed E-state index contributed by atoms with van der Waals surface area (Å²) in [6, 6.07) is 16.2. The van der Waals surface area contributed by atoms with Crippen LogP contribution < -0.4 is 0 Å². The van der Waals surface area contributed by atoms with Crippen LogP contribution in [0.25, 0.3) is 16.9 Å². The van der Waals surface area contributed by atoms with Crippen LogP contribution in [0.3, 0.4) is 0 Å². The van der Waals surface area contributed by atoms with E-state index in [0.717, 1.165) is 16.9 Å². The molecule has 10 heteroatoms. The Balaban J connectivity index is 0.000000378. The summed E-state index contributed by atoms with van der Waals surface area (Å²) in [4.78, 5) is 17.1. The molecule has 1 unspecified atom stereocenters. The van der Waals surface area contributed by atoms with Gasteiger partial charge < -0.3 is 8.80 Å².